The van der Waals surface area contributed by atoms with E-state index in [1.165, 1.54) is 0 Å². The number of phenols is 2. The molecule has 0 fully saturated rings. The summed E-state index contributed by atoms with van der Waals surface area (Å²) in [6.07, 6.45) is 0. The molecule has 0 unspecified atom stereocenters. The molecule has 1 heterocycles. The van der Waals surface area contributed by atoms with Crippen molar-refractivity contribution in [2.45, 2.75) is 0 Å². The Morgan fingerprint density at radius 3 is 2.28 bits per heavy atom. The van der Waals surface area contributed by atoms with Crippen LogP contribution in [0.15, 0.2) is 51.7 Å². The van der Waals surface area contributed by atoms with Crippen LogP contribution in [0, 0.1) is 0 Å². The van der Waals surface area contributed by atoms with Crippen LogP contribution in [-0.2, 0) is 4.57 Å². The molecule has 4 N–H and O–H groups in total. The molecule has 0 bridgehead atoms. The van der Waals surface area contributed by atoms with Gasteiger partial charge in [0.15, 0.2) is 16.9 Å². The van der Waals surface area contributed by atoms with Gasteiger partial charge >= 0.3 is 37.4 Å². The van der Waals surface area contributed by atoms with Gasteiger partial charge in [0.05, 0.1) is 0 Å². The zero-order valence-corrected chi connectivity index (χ0v) is 12.8. The van der Waals surface area contributed by atoms with E-state index in [1.54, 1.807) is 30.3 Å². The topological polar surface area (TPSA) is 137 Å². The van der Waals surface area contributed by atoms with E-state index in [1.807, 2.05) is 0 Å². The van der Waals surface area contributed by atoms with Gasteiger partial charge in [-0.25, -0.2) is 4.57 Å². The molecule has 0 saturated carbocycles. The van der Waals surface area contributed by atoms with Crippen molar-refractivity contribution in [1.82, 2.24) is 0 Å². The number of phosphoric ester groups is 1. The zero-order valence-electron chi connectivity index (χ0n) is 11.9. The van der Waals surface area contributed by atoms with Crippen LogP contribution in [0.2, 0.25) is 0 Å². The summed E-state index contributed by atoms with van der Waals surface area (Å²) in [5.74, 6) is -2.38. The maximum absolute atomic E-state index is 12.4. The first-order valence-electron chi connectivity index (χ1n) is 6.59. The third-order valence-corrected chi connectivity index (χ3v) is 3.62. The molecule has 25 heavy (non-hydrogen) atoms. The van der Waals surface area contributed by atoms with Crippen molar-refractivity contribution in [3.63, 3.8) is 0 Å². The van der Waals surface area contributed by atoms with Crippen LogP contribution in [0.3, 0.4) is 0 Å². The number of rotatable bonds is 3. The molecule has 126 valence electrons. The van der Waals surface area contributed by atoms with Gasteiger partial charge in [-0.15, -0.1) is 0 Å². The van der Waals surface area contributed by atoms with Crippen molar-refractivity contribution < 1.29 is 33.5 Å². The molecule has 8 nitrogen and oxygen atoms in total. The van der Waals surface area contributed by atoms with Crippen LogP contribution in [0.5, 0.6) is 17.2 Å². The Morgan fingerprint density at radius 1 is 1.04 bits per heavy atom. The Kier molecular flexibility index (Phi) is 5.63. The molecule has 0 radical (unpaired) electrons. The molecular formula is C15H12NaO8P. The summed E-state index contributed by atoms with van der Waals surface area (Å²) < 4.78 is 20.9. The predicted octanol–water partition coefficient (Wildman–Crippen LogP) is 1.69. The van der Waals surface area contributed by atoms with Crippen molar-refractivity contribution in [2.24, 2.45) is 0 Å². The molecule has 10 heteroatoms. The van der Waals surface area contributed by atoms with Gasteiger partial charge in [0.25, 0.3) is 0 Å². The monoisotopic (exact) mass is 374 g/mol. The summed E-state index contributed by atoms with van der Waals surface area (Å²) in [7, 11) is -5.08. The normalized spacial score (nSPS) is 11.1. The van der Waals surface area contributed by atoms with Crippen molar-refractivity contribution in [1.29, 1.82) is 0 Å². The van der Waals surface area contributed by atoms with Crippen LogP contribution < -0.4 is 9.95 Å². The molecular weight excluding hydrogens is 362 g/mol. The SMILES string of the molecule is O=c1cc(-c2ccccc2)oc2cc(O)c(O)c(OP(=O)(O)O)c12.[NaH]. The molecule has 0 aliphatic rings. The molecule has 0 amide bonds. The number of fused-ring (bicyclic) bond motifs is 1. The molecule has 1 aromatic heterocycles. The average molecular weight is 374 g/mol. The van der Waals surface area contributed by atoms with Gasteiger partial charge in [-0.3, -0.25) is 14.6 Å². The third-order valence-electron chi connectivity index (χ3n) is 3.20. The van der Waals surface area contributed by atoms with E-state index >= 15 is 0 Å². The zero-order chi connectivity index (χ0) is 17.5. The Bertz CT molecular complexity index is 1030. The van der Waals surface area contributed by atoms with Gasteiger partial charge in [-0.05, 0) is 0 Å². The molecule has 3 rings (SSSR count). The van der Waals surface area contributed by atoms with Gasteiger partial charge in [-0.1, -0.05) is 30.3 Å². The van der Waals surface area contributed by atoms with Gasteiger partial charge < -0.3 is 19.2 Å². The maximum atomic E-state index is 12.4. The number of hydrogen-bond acceptors (Lipinski definition) is 6. The van der Waals surface area contributed by atoms with E-state index in [4.69, 9.17) is 14.2 Å². The van der Waals surface area contributed by atoms with Gasteiger partial charge in [0.1, 0.15) is 16.7 Å². The molecule has 0 spiro atoms. The van der Waals surface area contributed by atoms with Crippen LogP contribution in [0.25, 0.3) is 22.3 Å². The van der Waals surface area contributed by atoms with E-state index in [2.05, 4.69) is 4.52 Å². The second-order valence-electron chi connectivity index (χ2n) is 4.87. The second kappa shape index (κ2) is 7.21. The van der Waals surface area contributed by atoms with Crippen molar-refractivity contribution in [3.05, 3.63) is 52.7 Å². The summed E-state index contributed by atoms with van der Waals surface area (Å²) in [6, 6.07) is 10.7. The van der Waals surface area contributed by atoms with Crippen LogP contribution >= 0.6 is 7.82 Å². The fraction of sp³-hybridized carbons (Fsp3) is 0. The van der Waals surface area contributed by atoms with Gasteiger partial charge in [0.2, 0.25) is 5.75 Å². The van der Waals surface area contributed by atoms with E-state index in [0.717, 1.165) is 12.1 Å². The number of phenolic OH excluding ortho intramolecular Hbond substituents is 2. The minimum absolute atomic E-state index is 0. The van der Waals surface area contributed by atoms with E-state index in [9.17, 15) is 19.6 Å². The summed E-state index contributed by atoms with van der Waals surface area (Å²) >= 11 is 0. The molecule has 0 aliphatic heterocycles. The van der Waals surface area contributed by atoms with Crippen molar-refractivity contribution >= 4 is 48.3 Å². The third kappa shape index (κ3) is 4.07. The standard InChI is InChI=1S/C15H11O8P.Na.H/c16-9-6-11(8-4-2-1-3-5-8)22-12-7-10(17)14(18)15(13(9)12)23-24(19,20)21;;/h1-7,17-18H,(H2,19,20,21);;. The number of phosphoric acid groups is 1. The van der Waals surface area contributed by atoms with E-state index in [-0.39, 0.29) is 40.9 Å². The van der Waals surface area contributed by atoms with Crippen LogP contribution in [0.4, 0.5) is 0 Å². The van der Waals surface area contributed by atoms with Crippen molar-refractivity contribution in [2.75, 3.05) is 0 Å². The summed E-state index contributed by atoms with van der Waals surface area (Å²) in [5, 5.41) is 19.1. The Balaban J connectivity index is 0.00000225. The summed E-state index contributed by atoms with van der Waals surface area (Å²) in [6.45, 7) is 0. The van der Waals surface area contributed by atoms with Gasteiger partial charge in [0, 0.05) is 17.7 Å². The Morgan fingerprint density at radius 2 is 1.68 bits per heavy atom. The first-order chi connectivity index (χ1) is 11.3. The number of hydrogen-bond donors (Lipinski definition) is 4. The Labute approximate surface area is 162 Å². The molecule has 0 aliphatic carbocycles. The van der Waals surface area contributed by atoms with Gasteiger partial charge in [-0.2, -0.15) is 0 Å². The number of benzene rings is 2. The molecule has 0 atom stereocenters. The van der Waals surface area contributed by atoms with E-state index in [0.29, 0.717) is 5.56 Å². The fourth-order valence-corrected chi connectivity index (χ4v) is 2.63. The van der Waals surface area contributed by atoms with Crippen LogP contribution in [-0.4, -0.2) is 49.6 Å². The van der Waals surface area contributed by atoms with E-state index < -0.39 is 35.9 Å². The summed E-state index contributed by atoms with van der Waals surface area (Å²) in [4.78, 5) is 30.2. The van der Waals surface area contributed by atoms with Crippen LogP contribution in [0.1, 0.15) is 0 Å². The predicted molar refractivity (Wildman–Crippen MR) is 91.1 cm³/mol. The first-order valence-corrected chi connectivity index (χ1v) is 8.12. The summed E-state index contributed by atoms with van der Waals surface area (Å²) in [5.41, 5.74) is -0.310. The second-order valence-corrected chi connectivity index (χ2v) is 6.03. The van der Waals surface area contributed by atoms with Crippen molar-refractivity contribution in [3.8, 4) is 28.6 Å². The number of aromatic hydroxyl groups is 2. The molecule has 3 aromatic rings. The first kappa shape index (κ1) is 19.5. The molecule has 2 aromatic carbocycles. The fourth-order valence-electron chi connectivity index (χ4n) is 2.22. The molecule has 0 saturated heterocycles. The average Bonchev–Trinajstić information content (AvgIpc) is 2.51. The quantitative estimate of drug-likeness (QED) is 0.309. The Hall–Kier alpha value is -1.80. The minimum atomic E-state index is -5.08.